The van der Waals surface area contributed by atoms with Crippen LogP contribution >= 0.6 is 0 Å². The van der Waals surface area contributed by atoms with Crippen molar-refractivity contribution in [2.24, 2.45) is 0 Å². The molecule has 0 radical (unpaired) electrons. The van der Waals surface area contributed by atoms with Crippen molar-refractivity contribution in [2.45, 2.75) is 38.3 Å². The van der Waals surface area contributed by atoms with Gasteiger partial charge in [0.2, 0.25) is 0 Å². The Morgan fingerprint density at radius 1 is 1.25 bits per heavy atom. The molecule has 2 aliphatic heterocycles. The van der Waals surface area contributed by atoms with Crippen LogP contribution in [0.25, 0.3) is 0 Å². The van der Waals surface area contributed by atoms with Crippen LogP contribution in [-0.2, 0) is 6.42 Å². The van der Waals surface area contributed by atoms with Crippen molar-refractivity contribution >= 4 is 5.69 Å². The van der Waals surface area contributed by atoms with E-state index < -0.39 is 0 Å². The number of aromatic nitrogens is 1. The van der Waals surface area contributed by atoms with E-state index in [9.17, 15) is 0 Å². The highest BCUT2D eigenvalue weighted by molar-refractivity contribution is 5.42. The van der Waals surface area contributed by atoms with Gasteiger partial charge in [-0.15, -0.1) is 0 Å². The smallest absolute Gasteiger partial charge is 0.122 e. The zero-order valence-electron chi connectivity index (χ0n) is 14.2. The minimum atomic E-state index is 0.443. The number of fused-ring (bicyclic) bond motifs is 1. The molecule has 0 saturated carbocycles. The Hall–Kier alpha value is -2.07. The van der Waals surface area contributed by atoms with E-state index in [-0.39, 0.29) is 0 Å². The molecule has 4 heteroatoms. The highest BCUT2D eigenvalue weighted by Crippen LogP contribution is 2.32. The summed E-state index contributed by atoms with van der Waals surface area (Å²) >= 11 is 0. The molecule has 1 atom stereocenters. The second-order valence-corrected chi connectivity index (χ2v) is 6.84. The van der Waals surface area contributed by atoms with E-state index in [2.05, 4.69) is 46.4 Å². The van der Waals surface area contributed by atoms with E-state index in [1.807, 2.05) is 18.5 Å². The molecule has 0 spiro atoms. The lowest BCUT2D eigenvalue weighted by molar-refractivity contribution is 0.167. The molecule has 1 fully saturated rings. The van der Waals surface area contributed by atoms with Crippen molar-refractivity contribution in [1.29, 1.82) is 0 Å². The Kier molecular flexibility index (Phi) is 4.39. The highest BCUT2D eigenvalue weighted by Gasteiger charge is 2.24. The number of benzene rings is 1. The van der Waals surface area contributed by atoms with Crippen LogP contribution in [-0.4, -0.2) is 35.6 Å². The summed E-state index contributed by atoms with van der Waals surface area (Å²) in [4.78, 5) is 6.76. The molecule has 1 aromatic heterocycles. The van der Waals surface area contributed by atoms with Crippen molar-refractivity contribution in [1.82, 2.24) is 9.88 Å². The van der Waals surface area contributed by atoms with Gasteiger partial charge < -0.3 is 10.1 Å². The normalized spacial score (nSPS) is 19.5. The zero-order chi connectivity index (χ0) is 16.4. The molecule has 0 amide bonds. The molecule has 4 rings (SSSR count). The van der Waals surface area contributed by atoms with Crippen molar-refractivity contribution in [3.63, 3.8) is 0 Å². The first-order valence-corrected chi connectivity index (χ1v) is 8.96. The molecule has 126 valence electrons. The summed E-state index contributed by atoms with van der Waals surface area (Å²) < 4.78 is 5.73. The lowest BCUT2D eigenvalue weighted by Gasteiger charge is -2.36. The van der Waals surface area contributed by atoms with Gasteiger partial charge in [-0.3, -0.25) is 9.88 Å². The predicted octanol–water partition coefficient (Wildman–Crippen LogP) is 3.65. The second kappa shape index (κ2) is 6.81. The van der Waals surface area contributed by atoms with Crippen LogP contribution in [0.2, 0.25) is 0 Å². The van der Waals surface area contributed by atoms with Gasteiger partial charge in [0.05, 0.1) is 12.3 Å². The number of piperidine rings is 1. The van der Waals surface area contributed by atoms with Crippen LogP contribution in [0.5, 0.6) is 5.75 Å². The van der Waals surface area contributed by atoms with Gasteiger partial charge in [-0.05, 0) is 49.1 Å². The summed E-state index contributed by atoms with van der Waals surface area (Å²) in [6.07, 6.45) is 7.10. The van der Waals surface area contributed by atoms with Gasteiger partial charge in [0.1, 0.15) is 5.75 Å². The SMILES string of the molecule is CC(c1ccc2c(c1)OCC2)N1CCC(Nc2cccnc2)CC1. The lowest BCUT2D eigenvalue weighted by atomic mass is 9.99. The molecular formula is C20H25N3O. The van der Waals surface area contributed by atoms with Crippen molar-refractivity contribution in [2.75, 3.05) is 25.0 Å². The summed E-state index contributed by atoms with van der Waals surface area (Å²) in [7, 11) is 0. The van der Waals surface area contributed by atoms with Crippen LogP contribution in [0, 0.1) is 0 Å². The number of pyridine rings is 1. The Morgan fingerprint density at radius 2 is 2.12 bits per heavy atom. The fourth-order valence-electron chi connectivity index (χ4n) is 3.77. The Bertz CT molecular complexity index is 681. The Labute approximate surface area is 143 Å². The van der Waals surface area contributed by atoms with Gasteiger partial charge in [0.25, 0.3) is 0 Å². The summed E-state index contributed by atoms with van der Waals surface area (Å²) in [5, 5.41) is 3.60. The fourth-order valence-corrected chi connectivity index (χ4v) is 3.77. The highest BCUT2D eigenvalue weighted by atomic mass is 16.5. The first kappa shape index (κ1) is 15.5. The number of ether oxygens (including phenoxy) is 1. The minimum Gasteiger partial charge on any atom is -0.493 e. The Balaban J connectivity index is 1.35. The Morgan fingerprint density at radius 3 is 2.92 bits per heavy atom. The number of hydrogen-bond donors (Lipinski definition) is 1. The third kappa shape index (κ3) is 3.24. The van der Waals surface area contributed by atoms with Crippen LogP contribution < -0.4 is 10.1 Å². The van der Waals surface area contributed by atoms with Gasteiger partial charge in [-0.1, -0.05) is 12.1 Å². The monoisotopic (exact) mass is 323 g/mol. The number of likely N-dealkylation sites (tertiary alicyclic amines) is 1. The maximum Gasteiger partial charge on any atom is 0.122 e. The maximum atomic E-state index is 5.73. The molecule has 4 nitrogen and oxygen atoms in total. The van der Waals surface area contributed by atoms with E-state index in [0.717, 1.165) is 37.6 Å². The van der Waals surface area contributed by atoms with Crippen molar-refractivity contribution in [3.05, 3.63) is 53.9 Å². The lowest BCUT2D eigenvalue weighted by Crippen LogP contribution is -2.40. The van der Waals surface area contributed by atoms with Gasteiger partial charge >= 0.3 is 0 Å². The maximum absolute atomic E-state index is 5.73. The molecule has 3 heterocycles. The topological polar surface area (TPSA) is 37.4 Å². The van der Waals surface area contributed by atoms with Gasteiger partial charge in [0.15, 0.2) is 0 Å². The van der Waals surface area contributed by atoms with E-state index in [1.165, 1.54) is 24.0 Å². The van der Waals surface area contributed by atoms with Gasteiger partial charge in [0, 0.05) is 44.0 Å². The molecule has 24 heavy (non-hydrogen) atoms. The standard InChI is InChI=1S/C20H25N3O/c1-15(17-5-4-16-8-12-24-20(16)13-17)23-10-6-18(7-11-23)22-19-3-2-9-21-14-19/h2-5,9,13-15,18,22H,6-8,10-12H2,1H3. The summed E-state index contributed by atoms with van der Waals surface area (Å²) in [6, 6.07) is 11.8. The van der Waals surface area contributed by atoms with Crippen LogP contribution in [0.1, 0.15) is 36.9 Å². The summed E-state index contributed by atoms with van der Waals surface area (Å²) in [5.41, 5.74) is 3.85. The summed E-state index contributed by atoms with van der Waals surface area (Å²) in [6.45, 7) is 5.39. The first-order chi connectivity index (χ1) is 11.8. The average molecular weight is 323 g/mol. The average Bonchev–Trinajstić information content (AvgIpc) is 3.10. The number of nitrogens with zero attached hydrogens (tertiary/aromatic N) is 2. The molecule has 1 aromatic carbocycles. The fraction of sp³-hybridized carbons (Fsp3) is 0.450. The third-order valence-electron chi connectivity index (χ3n) is 5.31. The van der Waals surface area contributed by atoms with Crippen LogP contribution in [0.3, 0.4) is 0 Å². The van der Waals surface area contributed by atoms with Crippen LogP contribution in [0.15, 0.2) is 42.7 Å². The molecule has 1 N–H and O–H groups in total. The predicted molar refractivity (Wildman–Crippen MR) is 96.5 cm³/mol. The molecular weight excluding hydrogens is 298 g/mol. The molecule has 2 aromatic rings. The van der Waals surface area contributed by atoms with Gasteiger partial charge in [-0.25, -0.2) is 0 Å². The number of rotatable bonds is 4. The van der Waals surface area contributed by atoms with E-state index >= 15 is 0 Å². The van der Waals surface area contributed by atoms with Crippen molar-refractivity contribution < 1.29 is 4.74 Å². The largest absolute Gasteiger partial charge is 0.493 e. The number of anilines is 1. The van der Waals surface area contributed by atoms with E-state index in [4.69, 9.17) is 4.74 Å². The molecule has 1 saturated heterocycles. The molecule has 0 aliphatic carbocycles. The quantitative estimate of drug-likeness (QED) is 0.932. The molecule has 1 unspecified atom stereocenters. The zero-order valence-corrected chi connectivity index (χ0v) is 14.2. The minimum absolute atomic E-state index is 0.443. The molecule has 0 bridgehead atoms. The third-order valence-corrected chi connectivity index (χ3v) is 5.31. The molecule has 2 aliphatic rings. The summed E-state index contributed by atoms with van der Waals surface area (Å²) in [5.74, 6) is 1.09. The van der Waals surface area contributed by atoms with Crippen molar-refractivity contribution in [3.8, 4) is 5.75 Å². The van der Waals surface area contributed by atoms with E-state index in [1.54, 1.807) is 0 Å². The number of nitrogens with one attached hydrogen (secondary N) is 1. The number of hydrogen-bond acceptors (Lipinski definition) is 4. The van der Waals surface area contributed by atoms with Crippen LogP contribution in [0.4, 0.5) is 5.69 Å². The second-order valence-electron chi connectivity index (χ2n) is 6.84. The van der Waals surface area contributed by atoms with Gasteiger partial charge in [-0.2, -0.15) is 0 Å². The first-order valence-electron chi connectivity index (χ1n) is 8.96. The van der Waals surface area contributed by atoms with E-state index in [0.29, 0.717) is 12.1 Å².